The minimum atomic E-state index is -0.150. The number of rotatable bonds is 5. The summed E-state index contributed by atoms with van der Waals surface area (Å²) < 4.78 is 0. The summed E-state index contributed by atoms with van der Waals surface area (Å²) in [5.41, 5.74) is 3.18. The van der Waals surface area contributed by atoms with Gasteiger partial charge in [-0.2, -0.15) is 0 Å². The van der Waals surface area contributed by atoms with Gasteiger partial charge >= 0.3 is 0 Å². The van der Waals surface area contributed by atoms with Gasteiger partial charge in [0.2, 0.25) is 5.91 Å². The number of nitrogens with one attached hydrogen (secondary N) is 2. The van der Waals surface area contributed by atoms with Gasteiger partial charge in [-0.1, -0.05) is 48.5 Å². The molecule has 1 fully saturated rings. The molecule has 2 N–H and O–H groups in total. The van der Waals surface area contributed by atoms with Crippen molar-refractivity contribution in [3.05, 3.63) is 77.4 Å². The van der Waals surface area contributed by atoms with Crippen LogP contribution < -0.4 is 10.6 Å². The Labute approximate surface area is 183 Å². The van der Waals surface area contributed by atoms with Crippen LogP contribution in [0.5, 0.6) is 0 Å². The van der Waals surface area contributed by atoms with Crippen molar-refractivity contribution in [2.24, 2.45) is 0 Å². The molecule has 0 aliphatic carbocycles. The quantitative estimate of drug-likeness (QED) is 0.636. The van der Waals surface area contributed by atoms with Gasteiger partial charge in [0.15, 0.2) is 0 Å². The van der Waals surface area contributed by atoms with E-state index in [4.69, 9.17) is 0 Å². The number of nitrogens with zero attached hydrogens (tertiary/aromatic N) is 1. The van der Waals surface area contributed by atoms with Crippen molar-refractivity contribution in [3.63, 3.8) is 0 Å². The molecule has 4 rings (SSSR count). The molecule has 160 valence electrons. The molecule has 1 aliphatic heterocycles. The predicted molar refractivity (Wildman–Crippen MR) is 125 cm³/mol. The van der Waals surface area contributed by atoms with Crippen LogP contribution in [0.2, 0.25) is 0 Å². The van der Waals surface area contributed by atoms with Gasteiger partial charge in [-0.25, -0.2) is 0 Å². The molecular formula is C26H29N3O2. The van der Waals surface area contributed by atoms with Gasteiger partial charge in [-0.3, -0.25) is 14.5 Å². The van der Waals surface area contributed by atoms with Gasteiger partial charge in [-0.05, 0) is 74.3 Å². The number of aryl methyl sites for hydroxylation is 1. The number of likely N-dealkylation sites (tertiary alicyclic amines) is 1. The molecule has 2 atom stereocenters. The molecule has 31 heavy (non-hydrogen) atoms. The fourth-order valence-electron chi connectivity index (χ4n) is 4.39. The highest BCUT2D eigenvalue weighted by molar-refractivity contribution is 6.00. The first-order valence-corrected chi connectivity index (χ1v) is 10.8. The van der Waals surface area contributed by atoms with E-state index in [1.807, 2.05) is 51.2 Å². The summed E-state index contributed by atoms with van der Waals surface area (Å²) in [6.07, 6.45) is 1.90. The van der Waals surface area contributed by atoms with Crippen molar-refractivity contribution in [1.29, 1.82) is 0 Å². The van der Waals surface area contributed by atoms with E-state index in [-0.39, 0.29) is 23.9 Å². The minimum absolute atomic E-state index is 0.0145. The number of anilines is 1. The van der Waals surface area contributed by atoms with Crippen molar-refractivity contribution in [2.75, 3.05) is 18.9 Å². The smallest absolute Gasteiger partial charge is 0.252 e. The lowest BCUT2D eigenvalue weighted by atomic mass is 9.99. The zero-order valence-corrected chi connectivity index (χ0v) is 18.3. The zero-order chi connectivity index (χ0) is 22.0. The molecule has 5 nitrogen and oxygen atoms in total. The second kappa shape index (κ2) is 8.90. The predicted octanol–water partition coefficient (Wildman–Crippen LogP) is 4.67. The molecule has 2 amide bonds. The standard InChI is InChI=1S/C26H29N3O2/c1-17-13-14-20(28-26(31)24-12-7-15-29(24)3)16-23(17)25(30)27-18(2)21-11-6-9-19-8-4-5-10-22(19)21/h4-6,8-11,13-14,16,18,24H,7,12,15H2,1-3H3,(H,27,30)(H,28,31)/t18-,24-/m1/s1. The van der Waals surface area contributed by atoms with Gasteiger partial charge in [0, 0.05) is 11.3 Å². The lowest BCUT2D eigenvalue weighted by molar-refractivity contribution is -0.119. The monoisotopic (exact) mass is 415 g/mol. The molecule has 0 radical (unpaired) electrons. The maximum absolute atomic E-state index is 13.1. The maximum Gasteiger partial charge on any atom is 0.252 e. The molecule has 0 bridgehead atoms. The molecule has 1 heterocycles. The largest absolute Gasteiger partial charge is 0.345 e. The van der Waals surface area contributed by atoms with Crippen molar-refractivity contribution >= 4 is 28.3 Å². The first-order valence-electron chi connectivity index (χ1n) is 10.8. The van der Waals surface area contributed by atoms with Gasteiger partial charge in [-0.15, -0.1) is 0 Å². The molecule has 0 aromatic heterocycles. The molecule has 3 aromatic carbocycles. The first-order chi connectivity index (χ1) is 14.9. The summed E-state index contributed by atoms with van der Waals surface area (Å²) in [6, 6.07) is 19.6. The number of hydrogen-bond donors (Lipinski definition) is 2. The molecule has 0 saturated carbocycles. The van der Waals surface area contributed by atoms with E-state index in [9.17, 15) is 9.59 Å². The Hall–Kier alpha value is -3.18. The van der Waals surface area contributed by atoms with Crippen molar-refractivity contribution in [3.8, 4) is 0 Å². The molecule has 1 saturated heterocycles. The number of amides is 2. The summed E-state index contributed by atoms with van der Waals surface area (Å²) in [6.45, 7) is 4.84. The van der Waals surface area contributed by atoms with Crippen LogP contribution in [0.25, 0.3) is 10.8 Å². The SMILES string of the molecule is Cc1ccc(NC(=O)[C@H]2CCCN2C)cc1C(=O)N[C@H](C)c1cccc2ccccc12. The fraction of sp³-hybridized carbons (Fsp3) is 0.308. The number of benzene rings is 3. The Bertz CT molecular complexity index is 1120. The molecule has 0 spiro atoms. The van der Waals surface area contributed by atoms with Crippen LogP contribution in [0, 0.1) is 6.92 Å². The third-order valence-corrected chi connectivity index (χ3v) is 6.21. The number of carbonyl (C=O) groups is 2. The number of likely N-dealkylation sites (N-methyl/N-ethyl adjacent to an activating group) is 1. The maximum atomic E-state index is 13.1. The molecule has 5 heteroatoms. The van der Waals surface area contributed by atoms with Gasteiger partial charge < -0.3 is 10.6 Å². The average Bonchev–Trinajstić information content (AvgIpc) is 3.20. The number of fused-ring (bicyclic) bond motifs is 1. The molecular weight excluding hydrogens is 386 g/mol. The third kappa shape index (κ3) is 4.47. The van der Waals surface area contributed by atoms with Crippen LogP contribution in [0.4, 0.5) is 5.69 Å². The van der Waals surface area contributed by atoms with E-state index < -0.39 is 0 Å². The highest BCUT2D eigenvalue weighted by Gasteiger charge is 2.28. The van der Waals surface area contributed by atoms with Gasteiger partial charge in [0.1, 0.15) is 0 Å². The van der Waals surface area contributed by atoms with E-state index in [1.165, 1.54) is 0 Å². The van der Waals surface area contributed by atoms with E-state index in [0.717, 1.165) is 41.3 Å². The van der Waals surface area contributed by atoms with Gasteiger partial charge in [0.25, 0.3) is 5.91 Å². The van der Waals surface area contributed by atoms with E-state index in [0.29, 0.717) is 11.3 Å². The zero-order valence-electron chi connectivity index (χ0n) is 18.3. The van der Waals surface area contributed by atoms with E-state index >= 15 is 0 Å². The second-order valence-electron chi connectivity index (χ2n) is 8.42. The Morgan fingerprint density at radius 2 is 1.84 bits per heavy atom. The second-order valence-corrected chi connectivity index (χ2v) is 8.42. The summed E-state index contributed by atoms with van der Waals surface area (Å²) in [4.78, 5) is 27.8. The van der Waals surface area contributed by atoms with Crippen LogP contribution in [0.15, 0.2) is 60.7 Å². The Morgan fingerprint density at radius 1 is 1.06 bits per heavy atom. The van der Waals surface area contributed by atoms with Crippen LogP contribution in [-0.2, 0) is 4.79 Å². The Kier molecular flexibility index (Phi) is 6.05. The molecule has 1 aliphatic rings. The number of hydrogen-bond acceptors (Lipinski definition) is 3. The lowest BCUT2D eigenvalue weighted by Crippen LogP contribution is -2.37. The number of carbonyl (C=O) groups excluding carboxylic acids is 2. The summed E-state index contributed by atoms with van der Waals surface area (Å²) >= 11 is 0. The average molecular weight is 416 g/mol. The van der Waals surface area contributed by atoms with Gasteiger partial charge in [0.05, 0.1) is 12.1 Å². The van der Waals surface area contributed by atoms with Crippen molar-refractivity contribution in [2.45, 2.75) is 38.8 Å². The van der Waals surface area contributed by atoms with E-state index in [2.05, 4.69) is 39.8 Å². The molecule has 0 unspecified atom stereocenters. The highest BCUT2D eigenvalue weighted by atomic mass is 16.2. The summed E-state index contributed by atoms with van der Waals surface area (Å²) in [5, 5.41) is 8.40. The third-order valence-electron chi connectivity index (χ3n) is 6.21. The molecule has 3 aromatic rings. The topological polar surface area (TPSA) is 61.4 Å². The minimum Gasteiger partial charge on any atom is -0.345 e. The van der Waals surface area contributed by atoms with Crippen molar-refractivity contribution < 1.29 is 9.59 Å². The lowest BCUT2D eigenvalue weighted by Gasteiger charge is -2.20. The normalized spacial score (nSPS) is 17.5. The van der Waals surface area contributed by atoms with Crippen molar-refractivity contribution in [1.82, 2.24) is 10.2 Å². The first kappa shape index (κ1) is 21.1. The Balaban J connectivity index is 1.51. The van der Waals surface area contributed by atoms with Crippen LogP contribution in [0.1, 0.15) is 47.3 Å². The Morgan fingerprint density at radius 3 is 2.61 bits per heavy atom. The highest BCUT2D eigenvalue weighted by Crippen LogP contribution is 2.25. The van der Waals surface area contributed by atoms with Crippen LogP contribution >= 0.6 is 0 Å². The van der Waals surface area contributed by atoms with Crippen LogP contribution in [-0.4, -0.2) is 36.3 Å². The van der Waals surface area contributed by atoms with E-state index in [1.54, 1.807) is 6.07 Å². The van der Waals surface area contributed by atoms with Crippen LogP contribution in [0.3, 0.4) is 0 Å². The summed E-state index contributed by atoms with van der Waals surface area (Å²) in [5.74, 6) is -0.161. The summed E-state index contributed by atoms with van der Waals surface area (Å²) in [7, 11) is 1.97. The fourth-order valence-corrected chi connectivity index (χ4v) is 4.39.